The molecule has 24 heavy (non-hydrogen) atoms. The molecule has 2 aliphatic heterocycles. The molecule has 0 radical (unpaired) electrons. The van der Waals surface area contributed by atoms with Crippen LogP contribution in [0.4, 0.5) is 0 Å². The quantitative estimate of drug-likeness (QED) is 0.836. The van der Waals surface area contributed by atoms with Crippen molar-refractivity contribution < 1.29 is 9.47 Å². The first-order valence-electron chi connectivity index (χ1n) is 8.61. The van der Waals surface area contributed by atoms with E-state index in [4.69, 9.17) is 9.47 Å². The third-order valence-electron chi connectivity index (χ3n) is 4.97. The minimum Gasteiger partial charge on any atom is -0.492 e. The molecule has 124 valence electrons. The second kappa shape index (κ2) is 6.33. The van der Waals surface area contributed by atoms with Crippen LogP contribution < -0.4 is 9.47 Å². The largest absolute Gasteiger partial charge is 0.492 e. The molecule has 0 aliphatic carbocycles. The molecule has 2 aromatic rings. The Morgan fingerprint density at radius 2 is 2.08 bits per heavy atom. The summed E-state index contributed by atoms with van der Waals surface area (Å²) >= 11 is 0. The highest BCUT2D eigenvalue weighted by molar-refractivity contribution is 5.53. The molecular formula is C21H23NO2. The van der Waals surface area contributed by atoms with E-state index in [1.165, 1.54) is 11.1 Å². The van der Waals surface area contributed by atoms with Gasteiger partial charge in [-0.3, -0.25) is 4.90 Å². The van der Waals surface area contributed by atoms with Crippen molar-refractivity contribution in [3.8, 4) is 11.5 Å². The van der Waals surface area contributed by atoms with Gasteiger partial charge in [0, 0.05) is 32.5 Å². The van der Waals surface area contributed by atoms with Crippen LogP contribution in [0.1, 0.15) is 17.5 Å². The van der Waals surface area contributed by atoms with Crippen LogP contribution in [0.5, 0.6) is 11.5 Å². The SMILES string of the molecule is C=Cc1ccc2c(c1)CC1(CCN(CCOc3ccccc3)C1)O2. The number of hydrogen-bond acceptors (Lipinski definition) is 3. The fourth-order valence-electron chi connectivity index (χ4n) is 3.74. The van der Waals surface area contributed by atoms with Gasteiger partial charge in [-0.25, -0.2) is 0 Å². The van der Waals surface area contributed by atoms with E-state index >= 15 is 0 Å². The summed E-state index contributed by atoms with van der Waals surface area (Å²) in [6.45, 7) is 7.55. The van der Waals surface area contributed by atoms with Gasteiger partial charge in [-0.1, -0.05) is 36.9 Å². The van der Waals surface area contributed by atoms with Crippen molar-refractivity contribution in [2.45, 2.75) is 18.4 Å². The average Bonchev–Trinajstić information content (AvgIpc) is 3.17. The topological polar surface area (TPSA) is 21.7 Å². The van der Waals surface area contributed by atoms with E-state index in [9.17, 15) is 0 Å². The number of ether oxygens (including phenoxy) is 2. The normalized spacial score (nSPS) is 22.3. The molecule has 0 bridgehead atoms. The molecule has 1 fully saturated rings. The maximum Gasteiger partial charge on any atom is 0.127 e. The van der Waals surface area contributed by atoms with Crippen molar-refractivity contribution in [2.24, 2.45) is 0 Å². The number of fused-ring (bicyclic) bond motifs is 1. The first kappa shape index (κ1) is 15.3. The van der Waals surface area contributed by atoms with E-state index in [0.29, 0.717) is 6.61 Å². The van der Waals surface area contributed by atoms with E-state index in [1.54, 1.807) is 0 Å². The second-order valence-electron chi connectivity index (χ2n) is 6.72. The number of benzene rings is 2. The molecule has 4 rings (SSSR count). The Bertz CT molecular complexity index is 728. The number of para-hydroxylation sites is 1. The fourth-order valence-corrected chi connectivity index (χ4v) is 3.74. The molecule has 2 aromatic carbocycles. The molecule has 3 heteroatoms. The van der Waals surface area contributed by atoms with E-state index in [1.807, 2.05) is 36.4 Å². The zero-order chi connectivity index (χ0) is 16.4. The van der Waals surface area contributed by atoms with Gasteiger partial charge in [-0.2, -0.15) is 0 Å². The molecule has 0 saturated carbocycles. The Kier molecular flexibility index (Phi) is 4.03. The first-order valence-corrected chi connectivity index (χ1v) is 8.61. The summed E-state index contributed by atoms with van der Waals surface area (Å²) in [5, 5.41) is 0. The number of rotatable bonds is 5. The van der Waals surface area contributed by atoms with E-state index in [2.05, 4.69) is 29.7 Å². The average molecular weight is 321 g/mol. The summed E-state index contributed by atoms with van der Waals surface area (Å²) in [6.07, 6.45) is 3.98. The van der Waals surface area contributed by atoms with Gasteiger partial charge in [-0.05, 0) is 35.4 Å². The van der Waals surface area contributed by atoms with Gasteiger partial charge in [0.25, 0.3) is 0 Å². The Hall–Kier alpha value is -2.26. The standard InChI is InChI=1S/C21H23NO2/c1-2-17-8-9-20-18(14-17)15-21(24-20)10-11-22(16-21)12-13-23-19-6-4-3-5-7-19/h2-9,14H,1,10-13,15-16H2. The number of hydrogen-bond donors (Lipinski definition) is 0. The third kappa shape index (κ3) is 3.04. The van der Waals surface area contributed by atoms with Crippen LogP contribution in [0, 0.1) is 0 Å². The van der Waals surface area contributed by atoms with Crippen LogP contribution in [0.3, 0.4) is 0 Å². The van der Waals surface area contributed by atoms with Crippen LogP contribution in [0.15, 0.2) is 55.1 Å². The predicted octanol–water partition coefficient (Wildman–Crippen LogP) is 3.79. The lowest BCUT2D eigenvalue weighted by Crippen LogP contribution is -2.38. The zero-order valence-electron chi connectivity index (χ0n) is 13.9. The van der Waals surface area contributed by atoms with Gasteiger partial charge in [0.1, 0.15) is 23.7 Å². The number of nitrogens with zero attached hydrogens (tertiary/aromatic N) is 1. The summed E-state index contributed by atoms with van der Waals surface area (Å²) < 4.78 is 12.2. The maximum absolute atomic E-state index is 6.33. The van der Waals surface area contributed by atoms with Crippen molar-refractivity contribution in [3.63, 3.8) is 0 Å². The van der Waals surface area contributed by atoms with Gasteiger partial charge in [-0.15, -0.1) is 0 Å². The van der Waals surface area contributed by atoms with Crippen molar-refractivity contribution in [2.75, 3.05) is 26.2 Å². The first-order chi connectivity index (χ1) is 11.8. The van der Waals surface area contributed by atoms with Crippen molar-refractivity contribution in [1.29, 1.82) is 0 Å². The Morgan fingerprint density at radius 1 is 1.21 bits per heavy atom. The van der Waals surface area contributed by atoms with E-state index in [0.717, 1.165) is 44.0 Å². The van der Waals surface area contributed by atoms with Crippen molar-refractivity contribution >= 4 is 6.08 Å². The van der Waals surface area contributed by atoms with Crippen LogP contribution in [-0.4, -0.2) is 36.7 Å². The molecule has 1 spiro atoms. The lowest BCUT2D eigenvalue weighted by Gasteiger charge is -2.24. The minimum atomic E-state index is -0.0468. The van der Waals surface area contributed by atoms with E-state index < -0.39 is 0 Å². The fraction of sp³-hybridized carbons (Fsp3) is 0.333. The highest BCUT2D eigenvalue weighted by Gasteiger charge is 2.44. The second-order valence-corrected chi connectivity index (χ2v) is 6.72. The number of likely N-dealkylation sites (tertiary alicyclic amines) is 1. The van der Waals surface area contributed by atoms with Gasteiger partial charge in [0.15, 0.2) is 0 Å². The lowest BCUT2D eigenvalue weighted by atomic mass is 9.95. The van der Waals surface area contributed by atoms with Gasteiger partial charge < -0.3 is 9.47 Å². The van der Waals surface area contributed by atoms with Crippen LogP contribution >= 0.6 is 0 Å². The monoisotopic (exact) mass is 321 g/mol. The van der Waals surface area contributed by atoms with Crippen LogP contribution in [0.2, 0.25) is 0 Å². The summed E-state index contributed by atoms with van der Waals surface area (Å²) in [6, 6.07) is 16.4. The van der Waals surface area contributed by atoms with Gasteiger partial charge in [0.2, 0.25) is 0 Å². The predicted molar refractivity (Wildman–Crippen MR) is 96.6 cm³/mol. The molecule has 3 nitrogen and oxygen atoms in total. The highest BCUT2D eigenvalue weighted by Crippen LogP contribution is 2.40. The van der Waals surface area contributed by atoms with E-state index in [-0.39, 0.29) is 5.60 Å². The zero-order valence-corrected chi connectivity index (χ0v) is 13.9. The molecule has 2 heterocycles. The van der Waals surface area contributed by atoms with Crippen LogP contribution in [-0.2, 0) is 6.42 Å². The summed E-state index contributed by atoms with van der Waals surface area (Å²) in [5.74, 6) is 1.98. The Labute approximate surface area is 143 Å². The molecule has 0 N–H and O–H groups in total. The Morgan fingerprint density at radius 3 is 2.92 bits per heavy atom. The molecule has 0 amide bonds. The summed E-state index contributed by atoms with van der Waals surface area (Å²) in [4.78, 5) is 2.45. The molecule has 1 unspecified atom stereocenters. The van der Waals surface area contributed by atoms with Gasteiger partial charge in [0.05, 0.1) is 0 Å². The maximum atomic E-state index is 6.33. The molecule has 1 atom stereocenters. The molecule has 0 aromatic heterocycles. The van der Waals surface area contributed by atoms with Crippen LogP contribution in [0.25, 0.3) is 6.08 Å². The van der Waals surface area contributed by atoms with Crippen molar-refractivity contribution in [1.82, 2.24) is 4.90 Å². The van der Waals surface area contributed by atoms with Crippen molar-refractivity contribution in [3.05, 3.63) is 66.2 Å². The summed E-state index contributed by atoms with van der Waals surface area (Å²) in [7, 11) is 0. The lowest BCUT2D eigenvalue weighted by molar-refractivity contribution is 0.0990. The molecular weight excluding hydrogens is 298 g/mol. The summed E-state index contributed by atoms with van der Waals surface area (Å²) in [5.41, 5.74) is 2.44. The molecule has 1 saturated heterocycles. The smallest absolute Gasteiger partial charge is 0.127 e. The minimum absolute atomic E-state index is 0.0468. The Balaban J connectivity index is 1.33. The third-order valence-corrected chi connectivity index (χ3v) is 4.97. The highest BCUT2D eigenvalue weighted by atomic mass is 16.5. The molecule has 2 aliphatic rings. The van der Waals surface area contributed by atoms with Gasteiger partial charge >= 0.3 is 0 Å².